The quantitative estimate of drug-likeness (QED) is 0.591. The summed E-state index contributed by atoms with van der Waals surface area (Å²) in [7, 11) is 1.90. The van der Waals surface area contributed by atoms with Gasteiger partial charge in [-0.1, -0.05) is 0 Å². The minimum atomic E-state index is 0.549. The van der Waals surface area contributed by atoms with Crippen molar-refractivity contribution in [2.45, 2.75) is 0 Å². The number of nitrogens with one attached hydrogen (secondary N) is 1. The van der Waals surface area contributed by atoms with Crippen LogP contribution in [0.2, 0.25) is 0 Å². The van der Waals surface area contributed by atoms with E-state index in [-0.39, 0.29) is 0 Å². The van der Waals surface area contributed by atoms with Crippen LogP contribution in [-0.2, 0) is 11.8 Å². The third-order valence-electron chi connectivity index (χ3n) is 4.90. The van der Waals surface area contributed by atoms with Gasteiger partial charge in [0.05, 0.1) is 36.8 Å². The molecule has 8 nitrogen and oxygen atoms in total. The Morgan fingerprint density at radius 2 is 1.82 bits per heavy atom. The van der Waals surface area contributed by atoms with Crippen LogP contribution >= 0.6 is 0 Å². The normalized spacial score (nSPS) is 14.5. The third-order valence-corrected chi connectivity index (χ3v) is 4.90. The van der Waals surface area contributed by atoms with Crippen LogP contribution in [0.5, 0.6) is 0 Å². The van der Waals surface area contributed by atoms with E-state index in [0.717, 1.165) is 48.8 Å². The predicted molar refractivity (Wildman–Crippen MR) is 108 cm³/mol. The molecule has 4 heterocycles. The average molecular weight is 375 g/mol. The molecule has 0 unspecified atom stereocenters. The van der Waals surface area contributed by atoms with Gasteiger partial charge in [-0.2, -0.15) is 5.10 Å². The molecule has 3 aromatic heterocycles. The van der Waals surface area contributed by atoms with Crippen molar-refractivity contribution < 1.29 is 4.74 Å². The Morgan fingerprint density at radius 1 is 1.00 bits per heavy atom. The van der Waals surface area contributed by atoms with Gasteiger partial charge in [-0.25, -0.2) is 9.50 Å². The number of aryl methyl sites for hydroxylation is 1. The second kappa shape index (κ2) is 6.97. The molecule has 0 amide bonds. The molecule has 1 aliphatic rings. The lowest BCUT2D eigenvalue weighted by Gasteiger charge is -2.28. The van der Waals surface area contributed by atoms with Crippen LogP contribution in [0, 0.1) is 0 Å². The van der Waals surface area contributed by atoms with E-state index in [1.54, 1.807) is 4.68 Å². The molecule has 0 radical (unpaired) electrons. The van der Waals surface area contributed by atoms with Crippen molar-refractivity contribution in [2.75, 3.05) is 36.5 Å². The van der Waals surface area contributed by atoms with Gasteiger partial charge >= 0.3 is 0 Å². The first-order valence-corrected chi connectivity index (χ1v) is 9.30. The zero-order valence-corrected chi connectivity index (χ0v) is 15.6. The van der Waals surface area contributed by atoms with Gasteiger partial charge in [-0.15, -0.1) is 5.10 Å². The summed E-state index contributed by atoms with van der Waals surface area (Å²) in [6.45, 7) is 3.42. The summed E-state index contributed by atoms with van der Waals surface area (Å²) in [4.78, 5) is 6.77. The van der Waals surface area contributed by atoms with Crippen LogP contribution in [-0.4, -0.2) is 50.7 Å². The van der Waals surface area contributed by atoms with E-state index >= 15 is 0 Å². The highest BCUT2D eigenvalue weighted by Gasteiger charge is 2.12. The topological polar surface area (TPSA) is 72.5 Å². The van der Waals surface area contributed by atoms with Gasteiger partial charge in [0.25, 0.3) is 0 Å². The molecule has 8 heteroatoms. The SMILES string of the molecule is Cn1cc(-c2ccc3cnc(Nc4ccc(N5CCOCC5)cc4)nn23)cn1. The summed E-state index contributed by atoms with van der Waals surface area (Å²) in [6, 6.07) is 12.4. The monoisotopic (exact) mass is 375 g/mol. The summed E-state index contributed by atoms with van der Waals surface area (Å²) < 4.78 is 9.08. The molecule has 0 atom stereocenters. The van der Waals surface area contributed by atoms with Crippen LogP contribution in [0.1, 0.15) is 0 Å². The number of nitrogens with zero attached hydrogens (tertiary/aromatic N) is 6. The van der Waals surface area contributed by atoms with E-state index in [2.05, 4.69) is 49.7 Å². The van der Waals surface area contributed by atoms with Crippen molar-refractivity contribution in [1.29, 1.82) is 0 Å². The number of fused-ring (bicyclic) bond motifs is 1. The van der Waals surface area contributed by atoms with Gasteiger partial charge in [0.1, 0.15) is 0 Å². The van der Waals surface area contributed by atoms with E-state index in [4.69, 9.17) is 4.74 Å². The van der Waals surface area contributed by atoms with Gasteiger partial charge in [-0.3, -0.25) is 4.68 Å². The molecule has 1 fully saturated rings. The first-order valence-electron chi connectivity index (χ1n) is 9.30. The Morgan fingerprint density at radius 3 is 2.57 bits per heavy atom. The minimum Gasteiger partial charge on any atom is -0.378 e. The number of hydrogen-bond acceptors (Lipinski definition) is 6. The van der Waals surface area contributed by atoms with E-state index in [1.807, 2.05) is 42.3 Å². The fourth-order valence-electron chi connectivity index (χ4n) is 3.44. The van der Waals surface area contributed by atoms with E-state index in [1.165, 1.54) is 5.69 Å². The Balaban J connectivity index is 1.39. The van der Waals surface area contributed by atoms with E-state index < -0.39 is 0 Å². The van der Waals surface area contributed by atoms with Crippen molar-refractivity contribution in [3.05, 3.63) is 55.0 Å². The van der Waals surface area contributed by atoms with Crippen LogP contribution in [0.25, 0.3) is 16.8 Å². The largest absolute Gasteiger partial charge is 0.378 e. The summed E-state index contributed by atoms with van der Waals surface area (Å²) in [5, 5.41) is 12.2. The van der Waals surface area contributed by atoms with Crippen LogP contribution in [0.4, 0.5) is 17.3 Å². The molecule has 28 heavy (non-hydrogen) atoms. The predicted octanol–water partition coefficient (Wildman–Crippen LogP) is 2.71. The molecule has 0 saturated carbocycles. The van der Waals surface area contributed by atoms with Gasteiger partial charge in [0, 0.05) is 43.3 Å². The van der Waals surface area contributed by atoms with Gasteiger partial charge in [0.2, 0.25) is 5.95 Å². The molecule has 1 saturated heterocycles. The molecule has 5 rings (SSSR count). The maximum absolute atomic E-state index is 5.42. The number of rotatable bonds is 4. The highest BCUT2D eigenvalue weighted by atomic mass is 16.5. The summed E-state index contributed by atoms with van der Waals surface area (Å²) in [5.74, 6) is 0.549. The smallest absolute Gasteiger partial charge is 0.245 e. The summed E-state index contributed by atoms with van der Waals surface area (Å²) >= 11 is 0. The van der Waals surface area contributed by atoms with Gasteiger partial charge in [-0.05, 0) is 36.4 Å². The molecule has 4 aromatic rings. The Hall–Kier alpha value is -3.39. The summed E-state index contributed by atoms with van der Waals surface area (Å²) in [6.07, 6.45) is 5.62. The molecule has 0 aliphatic carbocycles. The van der Waals surface area contributed by atoms with Gasteiger partial charge < -0.3 is 15.0 Å². The van der Waals surface area contributed by atoms with Gasteiger partial charge in [0.15, 0.2) is 0 Å². The Kier molecular flexibility index (Phi) is 4.17. The number of ether oxygens (including phenoxy) is 1. The first-order chi connectivity index (χ1) is 13.8. The van der Waals surface area contributed by atoms with Crippen molar-refractivity contribution >= 4 is 22.8 Å². The number of hydrogen-bond donors (Lipinski definition) is 1. The zero-order valence-electron chi connectivity index (χ0n) is 15.6. The molecule has 1 aliphatic heterocycles. The second-order valence-corrected chi connectivity index (χ2v) is 6.81. The summed E-state index contributed by atoms with van der Waals surface area (Å²) in [5.41, 5.74) is 5.09. The molecule has 0 spiro atoms. The number of benzene rings is 1. The highest BCUT2D eigenvalue weighted by Crippen LogP contribution is 2.23. The van der Waals surface area contributed by atoms with E-state index in [9.17, 15) is 0 Å². The maximum atomic E-state index is 5.42. The van der Waals surface area contributed by atoms with Crippen molar-refractivity contribution in [1.82, 2.24) is 24.4 Å². The Labute approximate surface area is 162 Å². The van der Waals surface area contributed by atoms with E-state index in [0.29, 0.717) is 5.95 Å². The van der Waals surface area contributed by atoms with Crippen LogP contribution < -0.4 is 10.2 Å². The fraction of sp³-hybridized carbons (Fsp3) is 0.250. The van der Waals surface area contributed by atoms with Crippen molar-refractivity contribution in [2.24, 2.45) is 7.05 Å². The first kappa shape index (κ1) is 16.8. The number of anilines is 3. The lowest BCUT2D eigenvalue weighted by atomic mass is 10.2. The molecular formula is C20H21N7O. The minimum absolute atomic E-state index is 0.549. The third kappa shape index (κ3) is 3.18. The molecule has 142 valence electrons. The standard InChI is InChI=1S/C20H21N7O/c1-25-14-15(12-22-25)19-7-6-18-13-21-20(24-27(18)19)23-16-2-4-17(5-3-16)26-8-10-28-11-9-26/h2-7,12-14H,8-11H2,1H3,(H,23,24). The fourth-order valence-corrected chi connectivity index (χ4v) is 3.44. The molecule has 1 aromatic carbocycles. The van der Waals surface area contributed by atoms with Crippen LogP contribution in [0.15, 0.2) is 55.0 Å². The number of morpholine rings is 1. The average Bonchev–Trinajstić information content (AvgIpc) is 3.35. The maximum Gasteiger partial charge on any atom is 0.245 e. The molecule has 1 N–H and O–H groups in total. The van der Waals surface area contributed by atoms with Crippen LogP contribution in [0.3, 0.4) is 0 Å². The zero-order chi connectivity index (χ0) is 18.9. The molecule has 0 bridgehead atoms. The lowest BCUT2D eigenvalue weighted by Crippen LogP contribution is -2.36. The lowest BCUT2D eigenvalue weighted by molar-refractivity contribution is 0.122. The van der Waals surface area contributed by atoms with Crippen molar-refractivity contribution in [3.8, 4) is 11.3 Å². The second-order valence-electron chi connectivity index (χ2n) is 6.81. The highest BCUT2D eigenvalue weighted by molar-refractivity contribution is 5.66. The Bertz CT molecular complexity index is 1090. The molecular weight excluding hydrogens is 354 g/mol. The van der Waals surface area contributed by atoms with Crippen molar-refractivity contribution in [3.63, 3.8) is 0 Å². The number of aromatic nitrogens is 5.